The third kappa shape index (κ3) is 3.53. The third-order valence-corrected chi connectivity index (χ3v) is 9.94. The molecule has 4 aromatic heterocycles. The zero-order valence-corrected chi connectivity index (χ0v) is 23.4. The van der Waals surface area contributed by atoms with Gasteiger partial charge in [0.05, 0.1) is 26.9 Å². The van der Waals surface area contributed by atoms with Crippen molar-refractivity contribution in [3.63, 3.8) is 0 Å². The number of allylic oxidation sites excluding steroid dienone is 1. The normalized spacial score (nSPS) is 13.1. The molecular formula is C34H21N5S2. The lowest BCUT2D eigenvalue weighted by Gasteiger charge is -2.13. The Morgan fingerprint density at radius 2 is 1.59 bits per heavy atom. The lowest BCUT2D eigenvalue weighted by molar-refractivity contribution is 0.903. The maximum Gasteiger partial charge on any atom is 0.238 e. The highest BCUT2D eigenvalue weighted by Gasteiger charge is 2.22. The van der Waals surface area contributed by atoms with E-state index in [4.69, 9.17) is 15.0 Å². The SMILES string of the molecule is C1=Cc2c(c3ccccc3n2-c2nc(-c3ccc4scnc4c3)nc(-c3cccc4c3sc3ccccc34)n2)CC1. The molecule has 4 aromatic carbocycles. The van der Waals surface area contributed by atoms with Gasteiger partial charge in [0.15, 0.2) is 11.6 Å². The topological polar surface area (TPSA) is 56.5 Å². The van der Waals surface area contributed by atoms with Crippen LogP contribution < -0.4 is 0 Å². The first kappa shape index (κ1) is 23.0. The van der Waals surface area contributed by atoms with Gasteiger partial charge < -0.3 is 0 Å². The fourth-order valence-corrected chi connectivity index (χ4v) is 7.91. The molecule has 1 aliphatic rings. The Morgan fingerprint density at radius 3 is 2.56 bits per heavy atom. The van der Waals surface area contributed by atoms with E-state index in [0.717, 1.165) is 45.4 Å². The lowest BCUT2D eigenvalue weighted by Crippen LogP contribution is -2.08. The van der Waals surface area contributed by atoms with Crippen LogP contribution >= 0.6 is 22.7 Å². The van der Waals surface area contributed by atoms with Crippen molar-refractivity contribution in [1.29, 1.82) is 0 Å². The quantitative estimate of drug-likeness (QED) is 0.215. The number of benzene rings is 4. The van der Waals surface area contributed by atoms with Crippen molar-refractivity contribution in [1.82, 2.24) is 24.5 Å². The average Bonchev–Trinajstić information content (AvgIpc) is 3.74. The van der Waals surface area contributed by atoms with Crippen molar-refractivity contribution < 1.29 is 0 Å². The summed E-state index contributed by atoms with van der Waals surface area (Å²) in [5, 5.41) is 3.74. The number of aryl methyl sites for hydroxylation is 1. The maximum atomic E-state index is 5.20. The lowest BCUT2D eigenvalue weighted by atomic mass is 10.0. The molecule has 7 heteroatoms. The summed E-state index contributed by atoms with van der Waals surface area (Å²) in [4.78, 5) is 20.0. The predicted molar refractivity (Wildman–Crippen MR) is 171 cm³/mol. The summed E-state index contributed by atoms with van der Waals surface area (Å²) in [6.07, 6.45) is 6.51. The van der Waals surface area contributed by atoms with Crippen molar-refractivity contribution in [3.8, 4) is 28.7 Å². The molecule has 0 N–H and O–H groups in total. The molecule has 8 aromatic rings. The van der Waals surface area contributed by atoms with Gasteiger partial charge in [-0.15, -0.1) is 22.7 Å². The van der Waals surface area contributed by atoms with E-state index in [2.05, 4.69) is 107 Å². The van der Waals surface area contributed by atoms with E-state index in [-0.39, 0.29) is 0 Å². The molecule has 0 saturated heterocycles. The van der Waals surface area contributed by atoms with Gasteiger partial charge >= 0.3 is 0 Å². The maximum absolute atomic E-state index is 5.20. The Bertz CT molecular complexity index is 2340. The van der Waals surface area contributed by atoms with Crippen LogP contribution in [-0.4, -0.2) is 24.5 Å². The molecule has 4 heterocycles. The van der Waals surface area contributed by atoms with E-state index >= 15 is 0 Å². The number of para-hydroxylation sites is 1. The number of fused-ring (bicyclic) bond motifs is 7. The van der Waals surface area contributed by atoms with Crippen LogP contribution in [0.5, 0.6) is 0 Å². The van der Waals surface area contributed by atoms with Gasteiger partial charge in [-0.05, 0) is 60.9 Å². The van der Waals surface area contributed by atoms with Gasteiger partial charge in [0.25, 0.3) is 0 Å². The molecule has 41 heavy (non-hydrogen) atoms. The number of thiophene rings is 1. The van der Waals surface area contributed by atoms with E-state index in [1.807, 2.05) is 5.51 Å². The second-order valence-corrected chi connectivity index (χ2v) is 12.2. The predicted octanol–water partition coefficient (Wildman–Crippen LogP) is 9.09. The molecule has 5 nitrogen and oxygen atoms in total. The van der Waals surface area contributed by atoms with Crippen LogP contribution in [0.4, 0.5) is 0 Å². The minimum Gasteiger partial charge on any atom is -0.278 e. The van der Waals surface area contributed by atoms with E-state index in [1.54, 1.807) is 22.7 Å². The molecule has 0 atom stereocenters. The van der Waals surface area contributed by atoms with Crippen LogP contribution in [0.15, 0.2) is 96.5 Å². The number of hydrogen-bond acceptors (Lipinski definition) is 6. The molecule has 0 spiro atoms. The monoisotopic (exact) mass is 563 g/mol. The van der Waals surface area contributed by atoms with Gasteiger partial charge in [0, 0.05) is 36.7 Å². The number of nitrogens with zero attached hydrogens (tertiary/aromatic N) is 5. The third-order valence-electron chi connectivity index (χ3n) is 7.91. The zero-order valence-electron chi connectivity index (χ0n) is 21.8. The van der Waals surface area contributed by atoms with Crippen LogP contribution in [0, 0.1) is 0 Å². The summed E-state index contributed by atoms with van der Waals surface area (Å²) >= 11 is 3.43. The van der Waals surface area contributed by atoms with Crippen molar-refractivity contribution in [2.24, 2.45) is 0 Å². The molecule has 0 fully saturated rings. The largest absolute Gasteiger partial charge is 0.278 e. The van der Waals surface area contributed by atoms with Gasteiger partial charge in [0.2, 0.25) is 5.95 Å². The molecule has 0 amide bonds. The minimum absolute atomic E-state index is 0.630. The smallest absolute Gasteiger partial charge is 0.238 e. The second kappa shape index (κ2) is 8.89. The van der Waals surface area contributed by atoms with Gasteiger partial charge in [0.1, 0.15) is 0 Å². The molecule has 0 saturated carbocycles. The Balaban J connectivity index is 1.36. The molecule has 1 aliphatic carbocycles. The second-order valence-electron chi connectivity index (χ2n) is 10.3. The van der Waals surface area contributed by atoms with E-state index < -0.39 is 0 Å². The first-order chi connectivity index (χ1) is 20.3. The summed E-state index contributed by atoms with van der Waals surface area (Å²) < 4.78 is 5.80. The van der Waals surface area contributed by atoms with Crippen molar-refractivity contribution >= 4 is 70.0 Å². The Labute approximate surface area is 243 Å². The number of aromatic nitrogens is 5. The first-order valence-electron chi connectivity index (χ1n) is 13.6. The van der Waals surface area contributed by atoms with Crippen molar-refractivity contribution in [3.05, 3.63) is 108 Å². The Hall–Kier alpha value is -4.72. The van der Waals surface area contributed by atoms with Crippen LogP contribution in [0.3, 0.4) is 0 Å². The molecule has 0 radical (unpaired) electrons. The van der Waals surface area contributed by atoms with Crippen molar-refractivity contribution in [2.45, 2.75) is 12.8 Å². The highest BCUT2D eigenvalue weighted by atomic mass is 32.1. The van der Waals surface area contributed by atoms with Crippen LogP contribution in [0.2, 0.25) is 0 Å². The van der Waals surface area contributed by atoms with E-state index in [0.29, 0.717) is 17.6 Å². The summed E-state index contributed by atoms with van der Waals surface area (Å²) in [5.74, 6) is 1.95. The molecule has 0 unspecified atom stereocenters. The highest BCUT2D eigenvalue weighted by molar-refractivity contribution is 7.26. The fourth-order valence-electron chi connectivity index (χ4n) is 6.04. The summed E-state index contributed by atoms with van der Waals surface area (Å²) in [6, 6.07) is 29.9. The number of rotatable bonds is 3. The standard InChI is InChI=1S/C34H21N5S2/c1-4-13-27-21(8-1)22-9-2-5-14-28(22)39(27)34-37-32(20-16-17-30-26(18-20)35-19-40-30)36-33(38-34)25-12-7-11-24-23-10-3-6-15-29(23)41-31(24)25/h1,3-8,10-19H,2,9H2. The summed E-state index contributed by atoms with van der Waals surface area (Å²) in [7, 11) is 0. The summed E-state index contributed by atoms with van der Waals surface area (Å²) in [5.41, 5.74) is 8.39. The van der Waals surface area contributed by atoms with E-state index in [1.165, 1.54) is 31.1 Å². The molecular weight excluding hydrogens is 543 g/mol. The minimum atomic E-state index is 0.630. The fraction of sp³-hybridized carbons (Fsp3) is 0.0588. The van der Waals surface area contributed by atoms with E-state index in [9.17, 15) is 0 Å². The van der Waals surface area contributed by atoms with Crippen LogP contribution in [0.1, 0.15) is 17.7 Å². The highest BCUT2D eigenvalue weighted by Crippen LogP contribution is 2.40. The zero-order chi connectivity index (χ0) is 26.9. The van der Waals surface area contributed by atoms with Crippen LogP contribution in [-0.2, 0) is 6.42 Å². The number of thiazole rings is 1. The van der Waals surface area contributed by atoms with Crippen LogP contribution in [0.25, 0.3) is 76.1 Å². The molecule has 9 rings (SSSR count). The number of hydrogen-bond donors (Lipinski definition) is 0. The average molecular weight is 564 g/mol. The first-order valence-corrected chi connectivity index (χ1v) is 15.3. The van der Waals surface area contributed by atoms with Gasteiger partial charge in [-0.3, -0.25) is 4.57 Å². The molecule has 194 valence electrons. The molecule has 0 aliphatic heterocycles. The Morgan fingerprint density at radius 1 is 0.732 bits per heavy atom. The Kier molecular flexibility index (Phi) is 5.00. The van der Waals surface area contributed by atoms with Gasteiger partial charge in [-0.1, -0.05) is 54.6 Å². The van der Waals surface area contributed by atoms with Crippen molar-refractivity contribution in [2.75, 3.05) is 0 Å². The van der Waals surface area contributed by atoms with Gasteiger partial charge in [-0.25, -0.2) is 9.97 Å². The van der Waals surface area contributed by atoms with Gasteiger partial charge in [-0.2, -0.15) is 9.97 Å². The summed E-state index contributed by atoms with van der Waals surface area (Å²) in [6.45, 7) is 0. The molecule has 0 bridgehead atoms.